The van der Waals surface area contributed by atoms with E-state index in [1.54, 1.807) is 22.7 Å². The van der Waals surface area contributed by atoms with Gasteiger partial charge in [-0.15, -0.1) is 22.7 Å². The number of β-amino-alcohol motifs (C(OH)–C–C–N with tert-alkyl or cyclic N) is 1. The summed E-state index contributed by atoms with van der Waals surface area (Å²) in [7, 11) is 0. The van der Waals surface area contributed by atoms with E-state index in [4.69, 9.17) is 17.3 Å². The van der Waals surface area contributed by atoms with Crippen LogP contribution in [0.2, 0.25) is 0 Å². The molecule has 1 aromatic rings. The van der Waals surface area contributed by atoms with Crippen LogP contribution in [-0.4, -0.2) is 23.2 Å². The number of aliphatic hydroxyl groups is 1. The average molecular weight is 219 g/mol. The third-order valence-electron chi connectivity index (χ3n) is 1.87. The Morgan fingerprint density at radius 1 is 1.33 bits per heavy atom. The van der Waals surface area contributed by atoms with Gasteiger partial charge in [0.2, 0.25) is 0 Å². The maximum atomic E-state index is 8.74. The molecule has 0 bridgehead atoms. The molecule has 1 aromatic heterocycles. The minimum Gasteiger partial charge on any atom is -0.395 e. The lowest BCUT2D eigenvalue weighted by molar-refractivity contribution is 0.199. The van der Waals surface area contributed by atoms with Crippen LogP contribution in [0.1, 0.15) is 9.75 Å². The van der Waals surface area contributed by atoms with Gasteiger partial charge >= 0.3 is 0 Å². The van der Waals surface area contributed by atoms with E-state index in [0.717, 1.165) is 22.8 Å². The van der Waals surface area contributed by atoms with Gasteiger partial charge in [-0.1, -0.05) is 12.2 Å². The second kappa shape index (κ2) is 3.51. The van der Waals surface area contributed by atoms with Gasteiger partial charge in [-0.3, -0.25) is 4.90 Å². The first kappa shape index (κ1) is 8.77. The first-order chi connectivity index (χ1) is 5.79. The second-order valence-corrected chi connectivity index (χ2v) is 6.13. The fraction of sp³-hybridized carbons (Fsp3) is 0.571. The molecule has 0 atom stereocenters. The molecule has 0 fully saturated rings. The summed E-state index contributed by atoms with van der Waals surface area (Å²) in [4.78, 5) is 5.05. The van der Waals surface area contributed by atoms with Crippen LogP contribution in [0.5, 0.6) is 0 Å². The third kappa shape index (κ3) is 1.60. The first-order valence-electron chi connectivity index (χ1n) is 3.74. The van der Waals surface area contributed by atoms with Crippen molar-refractivity contribution in [2.45, 2.75) is 13.1 Å². The van der Waals surface area contributed by atoms with Crippen molar-refractivity contribution < 1.29 is 5.11 Å². The highest BCUT2D eigenvalue weighted by atomic mass is 32.2. The molecule has 2 nitrogen and oxygen atoms in total. The molecule has 2 heterocycles. The number of nitrogens with zero attached hydrogens (tertiary/aromatic N) is 1. The molecule has 12 heavy (non-hydrogen) atoms. The molecule has 1 aliphatic heterocycles. The van der Waals surface area contributed by atoms with Crippen molar-refractivity contribution in [3.05, 3.63) is 12.9 Å². The Balaban J connectivity index is 2.13. The number of rotatable bonds is 2. The van der Waals surface area contributed by atoms with E-state index < -0.39 is 0 Å². The van der Waals surface area contributed by atoms with E-state index in [1.165, 1.54) is 9.75 Å². The highest BCUT2D eigenvalue weighted by Gasteiger charge is 2.20. The van der Waals surface area contributed by atoms with Crippen LogP contribution in [0.15, 0.2) is 0 Å². The zero-order chi connectivity index (χ0) is 8.55. The number of fused-ring (bicyclic) bond motifs is 1. The quantitative estimate of drug-likeness (QED) is 0.768. The predicted octanol–water partition coefficient (Wildman–Crippen LogP) is 1.85. The van der Waals surface area contributed by atoms with Crippen molar-refractivity contribution in [1.29, 1.82) is 0 Å². The van der Waals surface area contributed by atoms with Gasteiger partial charge in [0, 0.05) is 29.4 Å². The molecular weight excluding hydrogens is 210 g/mol. The van der Waals surface area contributed by atoms with E-state index in [2.05, 4.69) is 4.90 Å². The predicted molar refractivity (Wildman–Crippen MR) is 54.2 cm³/mol. The van der Waals surface area contributed by atoms with Gasteiger partial charge in [0.05, 0.1) is 6.61 Å². The third-order valence-corrected chi connectivity index (χ3v) is 4.58. The molecule has 2 rings (SSSR count). The molecule has 0 amide bonds. The topological polar surface area (TPSA) is 23.5 Å². The van der Waals surface area contributed by atoms with Gasteiger partial charge < -0.3 is 5.11 Å². The Bertz CT molecular complexity index is 303. The highest BCUT2D eigenvalue weighted by Crippen LogP contribution is 2.32. The second-order valence-electron chi connectivity index (χ2n) is 2.73. The summed E-state index contributed by atoms with van der Waals surface area (Å²) in [5, 5.41) is 8.74. The van der Waals surface area contributed by atoms with Crippen LogP contribution in [0, 0.1) is 3.14 Å². The molecule has 0 radical (unpaired) electrons. The number of hydrogen-bond donors (Lipinski definition) is 1. The van der Waals surface area contributed by atoms with Crippen LogP contribution in [0.3, 0.4) is 0 Å². The fourth-order valence-electron chi connectivity index (χ4n) is 1.34. The normalized spacial score (nSPS) is 16.8. The molecule has 0 saturated carbocycles. The lowest BCUT2D eigenvalue weighted by Gasteiger charge is -2.11. The monoisotopic (exact) mass is 219 g/mol. The average Bonchev–Trinajstić information content (AvgIpc) is 2.44. The summed E-state index contributed by atoms with van der Waals surface area (Å²) in [6.07, 6.45) is 0. The van der Waals surface area contributed by atoms with Crippen LogP contribution in [-0.2, 0) is 13.1 Å². The Hall–Kier alpha value is 0.190. The van der Waals surface area contributed by atoms with Crippen molar-refractivity contribution in [2.75, 3.05) is 13.2 Å². The molecule has 1 N–H and O–H groups in total. The van der Waals surface area contributed by atoms with E-state index in [-0.39, 0.29) is 6.61 Å². The minimum atomic E-state index is 0.250. The molecule has 5 heteroatoms. The molecule has 0 saturated heterocycles. The lowest BCUT2D eigenvalue weighted by atomic mass is 10.5. The van der Waals surface area contributed by atoms with Crippen molar-refractivity contribution in [3.8, 4) is 0 Å². The largest absolute Gasteiger partial charge is 0.395 e. The SMILES string of the molecule is OCCN1Cc2sc(=S)sc2C1. The Kier molecular flexibility index (Phi) is 2.57. The molecule has 1 aliphatic rings. The van der Waals surface area contributed by atoms with E-state index >= 15 is 0 Å². The maximum absolute atomic E-state index is 8.74. The standard InChI is InChI=1S/C7H9NOS3/c9-2-1-8-3-5-6(4-8)12-7(10)11-5/h9H,1-4H2. The molecule has 66 valence electrons. The van der Waals surface area contributed by atoms with Crippen LogP contribution in [0.4, 0.5) is 0 Å². The van der Waals surface area contributed by atoms with Crippen molar-refractivity contribution in [1.82, 2.24) is 4.90 Å². The Morgan fingerprint density at radius 3 is 2.42 bits per heavy atom. The van der Waals surface area contributed by atoms with Crippen LogP contribution >= 0.6 is 34.9 Å². The Labute approximate surface area is 84.1 Å². The van der Waals surface area contributed by atoms with E-state index in [9.17, 15) is 0 Å². The van der Waals surface area contributed by atoms with Gasteiger partial charge in [-0.05, 0) is 0 Å². The molecule has 0 unspecified atom stereocenters. The molecule has 0 aromatic carbocycles. The minimum absolute atomic E-state index is 0.250. The summed E-state index contributed by atoms with van der Waals surface area (Å²) in [6.45, 7) is 2.99. The van der Waals surface area contributed by atoms with Crippen molar-refractivity contribution >= 4 is 34.9 Å². The highest BCUT2D eigenvalue weighted by molar-refractivity contribution is 7.76. The summed E-state index contributed by atoms with van der Waals surface area (Å²) >= 11 is 8.53. The van der Waals surface area contributed by atoms with Crippen LogP contribution < -0.4 is 0 Å². The summed E-state index contributed by atoms with van der Waals surface area (Å²) in [6, 6.07) is 0. The van der Waals surface area contributed by atoms with Crippen molar-refractivity contribution in [2.24, 2.45) is 0 Å². The molecular formula is C7H9NOS3. The van der Waals surface area contributed by atoms with Gasteiger partial charge in [-0.25, -0.2) is 0 Å². The Morgan fingerprint density at radius 2 is 1.92 bits per heavy atom. The van der Waals surface area contributed by atoms with Crippen LogP contribution in [0.25, 0.3) is 0 Å². The van der Waals surface area contributed by atoms with Gasteiger partial charge in [0.15, 0.2) is 0 Å². The molecule has 0 spiro atoms. The number of hydrogen-bond acceptors (Lipinski definition) is 5. The van der Waals surface area contributed by atoms with E-state index in [0.29, 0.717) is 0 Å². The van der Waals surface area contributed by atoms with Crippen molar-refractivity contribution in [3.63, 3.8) is 0 Å². The zero-order valence-corrected chi connectivity index (χ0v) is 8.90. The first-order valence-corrected chi connectivity index (χ1v) is 5.78. The smallest absolute Gasteiger partial charge is 0.144 e. The van der Waals surface area contributed by atoms with E-state index in [1.807, 2.05) is 0 Å². The maximum Gasteiger partial charge on any atom is 0.144 e. The van der Waals surface area contributed by atoms with Gasteiger partial charge in [-0.2, -0.15) is 0 Å². The number of aliphatic hydroxyl groups excluding tert-OH is 1. The summed E-state index contributed by atoms with van der Waals surface area (Å²) in [5.41, 5.74) is 0. The lowest BCUT2D eigenvalue weighted by Crippen LogP contribution is -2.20. The van der Waals surface area contributed by atoms with Gasteiger partial charge in [0.25, 0.3) is 0 Å². The van der Waals surface area contributed by atoms with Gasteiger partial charge in [0.1, 0.15) is 3.14 Å². The zero-order valence-electron chi connectivity index (χ0n) is 6.45. The molecule has 0 aliphatic carbocycles. The summed E-state index contributed by atoms with van der Waals surface area (Å²) < 4.78 is 1.03. The fourth-order valence-corrected chi connectivity index (χ4v) is 4.22. The summed E-state index contributed by atoms with van der Waals surface area (Å²) in [5.74, 6) is 0.